The molecule has 1 aromatic heterocycles. The molecule has 240 valence electrons. The molecular weight excluding hydrogens is 619 g/mol. The van der Waals surface area contributed by atoms with Crippen molar-refractivity contribution in [3.63, 3.8) is 0 Å². The molecule has 2 nitrogen and oxygen atoms in total. The Balaban J connectivity index is 1.13. The van der Waals surface area contributed by atoms with Gasteiger partial charge in [0.15, 0.2) is 0 Å². The number of rotatable bonds is 4. The molecule has 3 aliphatic rings. The van der Waals surface area contributed by atoms with Crippen molar-refractivity contribution in [3.8, 4) is 22.3 Å². The summed E-state index contributed by atoms with van der Waals surface area (Å²) in [6.45, 7) is 0. The second-order valence-electron chi connectivity index (χ2n) is 14.0. The number of allylic oxidation sites excluding steroid dienone is 4. The molecular formula is C49H33NO. The van der Waals surface area contributed by atoms with Crippen LogP contribution in [0.2, 0.25) is 0 Å². The lowest BCUT2D eigenvalue weighted by Crippen LogP contribution is -2.32. The Hall–Kier alpha value is -6.38. The molecule has 0 N–H and O–H groups in total. The van der Waals surface area contributed by atoms with Crippen LogP contribution in [0.4, 0.5) is 17.1 Å². The largest absolute Gasteiger partial charge is 0.456 e. The van der Waals surface area contributed by atoms with E-state index < -0.39 is 0 Å². The van der Waals surface area contributed by atoms with Gasteiger partial charge in [0.2, 0.25) is 0 Å². The summed E-state index contributed by atoms with van der Waals surface area (Å²) in [6.07, 6.45) is 9.38. The van der Waals surface area contributed by atoms with Crippen LogP contribution in [-0.2, 0) is 5.41 Å². The monoisotopic (exact) mass is 651 g/mol. The lowest BCUT2D eigenvalue weighted by molar-refractivity contribution is 0.465. The lowest BCUT2D eigenvalue weighted by atomic mass is 9.65. The van der Waals surface area contributed by atoms with Crippen molar-refractivity contribution in [3.05, 3.63) is 210 Å². The standard InChI is InChI=1S/C49H33NO/c1-2-12-32(13-3-1)33-22-24-34(25-23-33)50(36-27-29-48-42(31-36)40-17-7-11-21-47(40)51-48)35-26-28-46-41(30-35)39-16-6-10-20-45(39)49(46)43-18-8-4-14-37(43)38-15-5-9-19-44(38)49/h1-31,39,45H. The summed E-state index contributed by atoms with van der Waals surface area (Å²) in [4.78, 5) is 2.41. The number of nitrogens with zero attached hydrogens (tertiary/aromatic N) is 1. The van der Waals surface area contributed by atoms with Crippen molar-refractivity contribution in [1.29, 1.82) is 0 Å². The number of anilines is 3. The van der Waals surface area contributed by atoms with Crippen molar-refractivity contribution in [2.75, 3.05) is 4.90 Å². The summed E-state index contributed by atoms with van der Waals surface area (Å²) in [5, 5.41) is 2.25. The molecule has 0 radical (unpaired) electrons. The number of hydrogen-bond acceptors (Lipinski definition) is 2. The Morgan fingerprint density at radius 3 is 1.86 bits per heavy atom. The number of fused-ring (bicyclic) bond motifs is 13. The lowest BCUT2D eigenvalue weighted by Gasteiger charge is -2.36. The Morgan fingerprint density at radius 2 is 1.06 bits per heavy atom. The van der Waals surface area contributed by atoms with E-state index in [1.165, 1.54) is 44.5 Å². The van der Waals surface area contributed by atoms with Gasteiger partial charge in [-0.3, -0.25) is 0 Å². The summed E-state index contributed by atoms with van der Waals surface area (Å²) in [6, 6.07) is 59.9. The average Bonchev–Trinajstić information content (AvgIpc) is 3.82. The first-order chi connectivity index (χ1) is 25.3. The Kier molecular flexibility index (Phi) is 6.03. The first-order valence-corrected chi connectivity index (χ1v) is 17.8. The third-order valence-electron chi connectivity index (χ3n) is 11.6. The second-order valence-corrected chi connectivity index (χ2v) is 14.0. The van der Waals surface area contributed by atoms with Crippen LogP contribution in [0.5, 0.6) is 0 Å². The molecule has 3 aliphatic carbocycles. The number of hydrogen-bond donors (Lipinski definition) is 0. The molecule has 2 atom stereocenters. The molecule has 0 bridgehead atoms. The predicted molar refractivity (Wildman–Crippen MR) is 210 cm³/mol. The molecule has 0 amide bonds. The SMILES string of the molecule is C1=CC2c3cc(N(c4ccc(-c5ccccc5)cc4)c4ccc5oc6ccccc6c5c4)ccc3C3(c4ccccc4-c4ccccc43)C2C=C1. The molecule has 11 rings (SSSR count). The van der Waals surface area contributed by atoms with E-state index in [9.17, 15) is 0 Å². The highest BCUT2D eigenvalue weighted by atomic mass is 16.3. The van der Waals surface area contributed by atoms with E-state index in [2.05, 4.69) is 181 Å². The molecule has 0 aliphatic heterocycles. The van der Waals surface area contributed by atoms with E-state index in [1.54, 1.807) is 0 Å². The summed E-state index contributed by atoms with van der Waals surface area (Å²) >= 11 is 0. The van der Waals surface area contributed by atoms with Gasteiger partial charge in [-0.25, -0.2) is 0 Å². The first-order valence-electron chi connectivity index (χ1n) is 17.8. The molecule has 1 heterocycles. The normalized spacial score (nSPS) is 17.4. The molecule has 1 spiro atoms. The number of benzene rings is 7. The molecule has 7 aromatic carbocycles. The van der Waals surface area contributed by atoms with E-state index in [1.807, 2.05) is 12.1 Å². The minimum absolute atomic E-state index is 0.246. The van der Waals surface area contributed by atoms with Crippen molar-refractivity contribution in [1.82, 2.24) is 0 Å². The highest BCUT2D eigenvalue weighted by molar-refractivity contribution is 6.06. The molecule has 0 fully saturated rings. The minimum atomic E-state index is -0.246. The Bertz CT molecular complexity index is 2670. The highest BCUT2D eigenvalue weighted by Crippen LogP contribution is 2.65. The van der Waals surface area contributed by atoms with E-state index >= 15 is 0 Å². The predicted octanol–water partition coefficient (Wildman–Crippen LogP) is 12.9. The Morgan fingerprint density at radius 1 is 0.451 bits per heavy atom. The van der Waals surface area contributed by atoms with Gasteiger partial charge in [0, 0.05) is 39.7 Å². The van der Waals surface area contributed by atoms with Gasteiger partial charge in [0.1, 0.15) is 11.2 Å². The highest BCUT2D eigenvalue weighted by Gasteiger charge is 2.57. The van der Waals surface area contributed by atoms with Crippen LogP contribution >= 0.6 is 0 Å². The van der Waals surface area contributed by atoms with Crippen molar-refractivity contribution >= 4 is 39.0 Å². The van der Waals surface area contributed by atoms with Gasteiger partial charge in [-0.05, 0) is 93.0 Å². The third-order valence-corrected chi connectivity index (χ3v) is 11.6. The maximum atomic E-state index is 6.26. The van der Waals surface area contributed by atoms with Crippen molar-refractivity contribution in [2.24, 2.45) is 5.92 Å². The van der Waals surface area contributed by atoms with Crippen LogP contribution in [0.1, 0.15) is 28.2 Å². The van der Waals surface area contributed by atoms with Crippen molar-refractivity contribution < 1.29 is 4.42 Å². The summed E-state index contributed by atoms with van der Waals surface area (Å²) < 4.78 is 6.26. The zero-order chi connectivity index (χ0) is 33.5. The maximum Gasteiger partial charge on any atom is 0.135 e. The summed E-state index contributed by atoms with van der Waals surface area (Å²) in [5.74, 6) is 0.538. The van der Waals surface area contributed by atoms with E-state index in [-0.39, 0.29) is 17.3 Å². The van der Waals surface area contributed by atoms with Gasteiger partial charge in [0.25, 0.3) is 0 Å². The fourth-order valence-corrected chi connectivity index (χ4v) is 9.47. The van der Waals surface area contributed by atoms with E-state index in [0.29, 0.717) is 0 Å². The fraction of sp³-hybridized carbons (Fsp3) is 0.0612. The first kappa shape index (κ1) is 28.5. The van der Waals surface area contributed by atoms with Gasteiger partial charge >= 0.3 is 0 Å². The zero-order valence-electron chi connectivity index (χ0n) is 27.9. The van der Waals surface area contributed by atoms with Crippen LogP contribution in [0, 0.1) is 5.92 Å². The van der Waals surface area contributed by atoms with Crippen molar-refractivity contribution in [2.45, 2.75) is 11.3 Å². The number of furan rings is 1. The molecule has 2 heteroatoms. The quantitative estimate of drug-likeness (QED) is 0.188. The van der Waals surface area contributed by atoms with E-state index in [4.69, 9.17) is 4.42 Å². The zero-order valence-corrected chi connectivity index (χ0v) is 27.9. The molecule has 8 aromatic rings. The van der Waals surface area contributed by atoms with Crippen LogP contribution in [0.25, 0.3) is 44.2 Å². The average molecular weight is 652 g/mol. The topological polar surface area (TPSA) is 16.4 Å². The maximum absolute atomic E-state index is 6.26. The van der Waals surface area contributed by atoms with E-state index in [0.717, 1.165) is 39.0 Å². The molecule has 0 saturated carbocycles. The van der Waals surface area contributed by atoms with Crippen LogP contribution in [0.15, 0.2) is 193 Å². The van der Waals surface area contributed by atoms with Gasteiger partial charge < -0.3 is 9.32 Å². The van der Waals surface area contributed by atoms with Gasteiger partial charge in [-0.15, -0.1) is 0 Å². The van der Waals surface area contributed by atoms with Crippen LogP contribution < -0.4 is 4.90 Å². The fourth-order valence-electron chi connectivity index (χ4n) is 9.47. The molecule has 51 heavy (non-hydrogen) atoms. The smallest absolute Gasteiger partial charge is 0.135 e. The van der Waals surface area contributed by atoms with Gasteiger partial charge in [-0.1, -0.05) is 140 Å². The van der Waals surface area contributed by atoms with Crippen LogP contribution in [0.3, 0.4) is 0 Å². The third kappa shape index (κ3) is 3.99. The van der Waals surface area contributed by atoms with Gasteiger partial charge in [0.05, 0.1) is 5.41 Å². The summed E-state index contributed by atoms with van der Waals surface area (Å²) in [7, 11) is 0. The minimum Gasteiger partial charge on any atom is -0.456 e. The molecule has 2 unspecified atom stereocenters. The second kappa shape index (κ2) is 10.8. The van der Waals surface area contributed by atoms with Crippen LogP contribution in [-0.4, -0.2) is 0 Å². The number of para-hydroxylation sites is 1. The molecule has 0 saturated heterocycles. The summed E-state index contributed by atoms with van der Waals surface area (Å²) in [5.41, 5.74) is 15.7. The Labute approximate surface area is 297 Å². The van der Waals surface area contributed by atoms with Gasteiger partial charge in [-0.2, -0.15) is 0 Å².